The Balaban J connectivity index is 0.000000292. The highest BCUT2D eigenvalue weighted by atomic mass is 32.1. The normalized spacial score (nSPS) is 8.27. The van der Waals surface area contributed by atoms with Gasteiger partial charge in [0.15, 0.2) is 6.29 Å². The van der Waals surface area contributed by atoms with Crippen molar-refractivity contribution in [1.29, 1.82) is 0 Å². The molecule has 1 rings (SSSR count). The van der Waals surface area contributed by atoms with Gasteiger partial charge in [0, 0.05) is 14.2 Å². The lowest BCUT2D eigenvalue weighted by Crippen LogP contribution is -1.72. The van der Waals surface area contributed by atoms with Crippen molar-refractivity contribution in [3.63, 3.8) is 0 Å². The molecule has 1 aromatic rings. The van der Waals surface area contributed by atoms with Crippen LogP contribution in [0.25, 0.3) is 0 Å². The fourth-order valence-electron chi connectivity index (χ4n) is 0.505. The van der Waals surface area contributed by atoms with Crippen LogP contribution in [0.1, 0.15) is 15.2 Å². The van der Waals surface area contributed by atoms with Crippen LogP contribution in [0, 0.1) is 6.92 Å². The molecule has 11 heavy (non-hydrogen) atoms. The standard InChI is InChI=1S/C6H6OS.C2H6O/c1-5-2-3-8-6(5)4-7;1-3-2/h2-4H,1H3;1-2H3. The maximum absolute atomic E-state index is 10.1. The Kier molecular flexibility index (Phi) is 5.70. The Labute approximate surface area is 70.8 Å². The molecule has 62 valence electrons. The number of carbonyl (C=O) groups is 1. The van der Waals surface area contributed by atoms with E-state index in [0.29, 0.717) is 0 Å². The molecule has 0 aliphatic carbocycles. The maximum Gasteiger partial charge on any atom is 0.160 e. The van der Waals surface area contributed by atoms with Gasteiger partial charge in [-0.3, -0.25) is 4.79 Å². The van der Waals surface area contributed by atoms with Crippen molar-refractivity contribution in [2.45, 2.75) is 6.92 Å². The number of aryl methyl sites for hydroxylation is 1. The number of ether oxygens (including phenoxy) is 1. The van der Waals surface area contributed by atoms with Gasteiger partial charge in [0.25, 0.3) is 0 Å². The zero-order chi connectivity index (χ0) is 8.69. The quantitative estimate of drug-likeness (QED) is 0.606. The van der Waals surface area contributed by atoms with Crippen LogP contribution in [0.5, 0.6) is 0 Å². The van der Waals surface area contributed by atoms with Gasteiger partial charge in [0.1, 0.15) is 0 Å². The molecule has 0 aliphatic rings. The maximum atomic E-state index is 10.1. The predicted octanol–water partition coefficient (Wildman–Crippen LogP) is 2.13. The first kappa shape index (κ1) is 10.3. The number of carbonyl (C=O) groups excluding carboxylic acids is 1. The van der Waals surface area contributed by atoms with Crippen LogP contribution < -0.4 is 0 Å². The molecule has 0 aromatic carbocycles. The van der Waals surface area contributed by atoms with Gasteiger partial charge >= 0.3 is 0 Å². The third kappa shape index (κ3) is 3.91. The number of rotatable bonds is 1. The van der Waals surface area contributed by atoms with Crippen molar-refractivity contribution in [2.75, 3.05) is 14.2 Å². The molecule has 0 bridgehead atoms. The van der Waals surface area contributed by atoms with Gasteiger partial charge < -0.3 is 4.74 Å². The van der Waals surface area contributed by atoms with Crippen LogP contribution in [0.4, 0.5) is 0 Å². The molecule has 0 saturated heterocycles. The highest BCUT2D eigenvalue weighted by Gasteiger charge is 1.93. The lowest BCUT2D eigenvalue weighted by molar-refractivity contribution is 0.112. The summed E-state index contributed by atoms with van der Waals surface area (Å²) in [5.74, 6) is 0. The van der Waals surface area contributed by atoms with E-state index in [9.17, 15) is 4.79 Å². The Bertz CT molecular complexity index is 206. The second kappa shape index (κ2) is 6.07. The van der Waals surface area contributed by atoms with Crippen molar-refractivity contribution >= 4 is 17.6 Å². The molecule has 2 nitrogen and oxygen atoms in total. The molecule has 0 unspecified atom stereocenters. The predicted molar refractivity (Wildman–Crippen MR) is 47.4 cm³/mol. The van der Waals surface area contributed by atoms with Crippen molar-refractivity contribution in [1.82, 2.24) is 0 Å². The van der Waals surface area contributed by atoms with E-state index in [2.05, 4.69) is 4.74 Å². The fraction of sp³-hybridized carbons (Fsp3) is 0.375. The number of methoxy groups -OCH3 is 1. The van der Waals surface area contributed by atoms with Gasteiger partial charge in [-0.15, -0.1) is 11.3 Å². The van der Waals surface area contributed by atoms with Crippen LogP contribution in [0.15, 0.2) is 11.4 Å². The highest BCUT2D eigenvalue weighted by Crippen LogP contribution is 2.11. The summed E-state index contributed by atoms with van der Waals surface area (Å²) in [6.45, 7) is 1.93. The SMILES string of the molecule is COC.Cc1ccsc1C=O. The van der Waals surface area contributed by atoms with Crippen molar-refractivity contribution in [2.24, 2.45) is 0 Å². The van der Waals surface area contributed by atoms with Gasteiger partial charge in [-0.25, -0.2) is 0 Å². The van der Waals surface area contributed by atoms with Crippen LogP contribution in [0.2, 0.25) is 0 Å². The Hall–Kier alpha value is -0.670. The van der Waals surface area contributed by atoms with E-state index in [0.717, 1.165) is 16.7 Å². The lowest BCUT2D eigenvalue weighted by Gasteiger charge is -1.79. The number of hydrogen-bond donors (Lipinski definition) is 0. The van der Waals surface area contributed by atoms with E-state index in [4.69, 9.17) is 0 Å². The van der Waals surface area contributed by atoms with E-state index >= 15 is 0 Å². The average molecular weight is 172 g/mol. The molecule has 0 atom stereocenters. The first-order valence-electron chi connectivity index (χ1n) is 3.15. The van der Waals surface area contributed by atoms with Gasteiger partial charge in [-0.1, -0.05) is 0 Å². The Morgan fingerprint density at radius 3 is 2.27 bits per heavy atom. The molecule has 0 aliphatic heterocycles. The molecule has 0 amide bonds. The Morgan fingerprint density at radius 1 is 1.55 bits per heavy atom. The zero-order valence-corrected chi connectivity index (χ0v) is 7.77. The number of hydrogen-bond acceptors (Lipinski definition) is 3. The Morgan fingerprint density at radius 2 is 2.09 bits per heavy atom. The summed E-state index contributed by atoms with van der Waals surface area (Å²) in [6.07, 6.45) is 0.889. The molecule has 0 radical (unpaired) electrons. The van der Waals surface area contributed by atoms with E-state index in [-0.39, 0.29) is 0 Å². The third-order valence-corrected chi connectivity index (χ3v) is 1.95. The van der Waals surface area contributed by atoms with Crippen LogP contribution in [-0.4, -0.2) is 20.5 Å². The number of aldehydes is 1. The second-order valence-corrected chi connectivity index (χ2v) is 2.94. The first-order chi connectivity index (χ1) is 5.26. The summed E-state index contributed by atoms with van der Waals surface area (Å²) in [4.78, 5) is 10.9. The van der Waals surface area contributed by atoms with Crippen LogP contribution in [0.3, 0.4) is 0 Å². The minimum absolute atomic E-state index is 0.838. The van der Waals surface area contributed by atoms with E-state index < -0.39 is 0 Å². The summed E-state index contributed by atoms with van der Waals surface area (Å²) in [7, 11) is 3.25. The fourth-order valence-corrected chi connectivity index (χ4v) is 1.23. The smallest absolute Gasteiger partial charge is 0.160 e. The van der Waals surface area contributed by atoms with Crippen molar-refractivity contribution in [3.05, 3.63) is 21.9 Å². The molecule has 3 heteroatoms. The molecule has 1 aromatic heterocycles. The van der Waals surface area contributed by atoms with Crippen LogP contribution in [-0.2, 0) is 4.74 Å². The van der Waals surface area contributed by atoms with Gasteiger partial charge in [-0.05, 0) is 23.9 Å². The average Bonchev–Trinajstić information content (AvgIpc) is 2.36. The van der Waals surface area contributed by atoms with Crippen molar-refractivity contribution in [3.8, 4) is 0 Å². The van der Waals surface area contributed by atoms with Crippen LogP contribution >= 0.6 is 11.3 Å². The molecule has 0 spiro atoms. The molecule has 0 N–H and O–H groups in total. The highest BCUT2D eigenvalue weighted by molar-refractivity contribution is 7.11. The number of thiophene rings is 1. The topological polar surface area (TPSA) is 26.3 Å². The second-order valence-electron chi connectivity index (χ2n) is 1.99. The summed E-state index contributed by atoms with van der Waals surface area (Å²) >= 11 is 1.48. The minimum Gasteiger partial charge on any atom is -0.388 e. The summed E-state index contributed by atoms with van der Waals surface area (Å²) in [5, 5.41) is 1.92. The van der Waals surface area contributed by atoms with E-state index in [1.807, 2.05) is 18.4 Å². The summed E-state index contributed by atoms with van der Waals surface area (Å²) in [5.41, 5.74) is 1.07. The van der Waals surface area contributed by atoms with E-state index in [1.54, 1.807) is 14.2 Å². The zero-order valence-electron chi connectivity index (χ0n) is 6.96. The summed E-state index contributed by atoms with van der Waals surface area (Å²) in [6, 6.07) is 1.94. The lowest BCUT2D eigenvalue weighted by atomic mass is 10.3. The summed E-state index contributed by atoms with van der Waals surface area (Å²) < 4.78 is 4.25. The molecule has 0 saturated carbocycles. The first-order valence-corrected chi connectivity index (χ1v) is 4.03. The van der Waals surface area contributed by atoms with E-state index in [1.165, 1.54) is 11.3 Å². The van der Waals surface area contributed by atoms with Gasteiger partial charge in [0.2, 0.25) is 0 Å². The third-order valence-electron chi connectivity index (χ3n) is 1.01. The largest absolute Gasteiger partial charge is 0.388 e. The minimum atomic E-state index is 0.838. The molecular weight excluding hydrogens is 160 g/mol. The van der Waals surface area contributed by atoms with Crippen molar-refractivity contribution < 1.29 is 9.53 Å². The van der Waals surface area contributed by atoms with Gasteiger partial charge in [0.05, 0.1) is 4.88 Å². The molecule has 1 heterocycles. The monoisotopic (exact) mass is 172 g/mol. The molecular formula is C8H12O2S. The molecule has 0 fully saturated rings. The van der Waals surface area contributed by atoms with Gasteiger partial charge in [-0.2, -0.15) is 0 Å².